The third-order valence-electron chi connectivity index (χ3n) is 4.34. The van der Waals surface area contributed by atoms with Gasteiger partial charge >= 0.3 is 5.97 Å². The lowest BCUT2D eigenvalue weighted by atomic mass is 9.96. The molecular formula is C17H25NO4. The van der Waals surface area contributed by atoms with Crippen molar-refractivity contribution in [2.24, 2.45) is 5.92 Å². The second-order valence-electron chi connectivity index (χ2n) is 5.72. The van der Waals surface area contributed by atoms with E-state index in [1.807, 2.05) is 24.3 Å². The summed E-state index contributed by atoms with van der Waals surface area (Å²) in [5.74, 6) is 0.728. The molecule has 1 atom stereocenters. The van der Waals surface area contributed by atoms with Crippen LogP contribution in [0.1, 0.15) is 30.9 Å². The molecule has 1 heterocycles. The number of hydrogen-bond acceptors (Lipinski definition) is 5. The number of methoxy groups -OCH3 is 2. The van der Waals surface area contributed by atoms with Crippen molar-refractivity contribution >= 4 is 5.97 Å². The summed E-state index contributed by atoms with van der Waals surface area (Å²) in [5.41, 5.74) is 0.908. The minimum atomic E-state index is -0.468. The largest absolute Gasteiger partial charge is 0.497 e. The van der Waals surface area contributed by atoms with Gasteiger partial charge in [0.25, 0.3) is 0 Å². The van der Waals surface area contributed by atoms with E-state index < -0.39 is 6.10 Å². The molecule has 1 N–H and O–H groups in total. The zero-order chi connectivity index (χ0) is 15.9. The van der Waals surface area contributed by atoms with Crippen molar-refractivity contribution in [2.75, 3.05) is 33.9 Å². The lowest BCUT2D eigenvalue weighted by molar-refractivity contribution is -0.147. The number of aliphatic hydroxyl groups is 1. The van der Waals surface area contributed by atoms with E-state index in [0.29, 0.717) is 6.42 Å². The maximum Gasteiger partial charge on any atom is 0.308 e. The van der Waals surface area contributed by atoms with Gasteiger partial charge in [-0.3, -0.25) is 4.79 Å². The first kappa shape index (κ1) is 16.8. The molecule has 5 nitrogen and oxygen atoms in total. The van der Waals surface area contributed by atoms with E-state index in [1.54, 1.807) is 7.11 Å². The number of nitrogens with zero attached hydrogens (tertiary/aromatic N) is 1. The normalized spacial score (nSPS) is 18.0. The molecule has 0 aliphatic carbocycles. The Morgan fingerprint density at radius 2 is 1.91 bits per heavy atom. The van der Waals surface area contributed by atoms with Crippen molar-refractivity contribution in [3.63, 3.8) is 0 Å². The molecule has 0 saturated carbocycles. The van der Waals surface area contributed by atoms with E-state index >= 15 is 0 Å². The number of piperidine rings is 1. The second kappa shape index (κ2) is 8.15. The fourth-order valence-electron chi connectivity index (χ4n) is 2.86. The number of likely N-dealkylation sites (tertiary alicyclic amines) is 1. The maximum atomic E-state index is 11.5. The van der Waals surface area contributed by atoms with Crippen LogP contribution in [0.4, 0.5) is 0 Å². The number of carbonyl (C=O) groups is 1. The topological polar surface area (TPSA) is 59.0 Å². The fourth-order valence-corrected chi connectivity index (χ4v) is 2.86. The Labute approximate surface area is 131 Å². The Balaban J connectivity index is 1.75. The lowest BCUT2D eigenvalue weighted by Gasteiger charge is -2.31. The van der Waals surface area contributed by atoms with Crippen molar-refractivity contribution < 1.29 is 19.4 Å². The number of aliphatic hydroxyl groups excluding tert-OH is 1. The molecule has 0 amide bonds. The highest BCUT2D eigenvalue weighted by Gasteiger charge is 2.25. The molecule has 5 heteroatoms. The molecule has 1 aromatic carbocycles. The van der Waals surface area contributed by atoms with Crippen molar-refractivity contribution in [2.45, 2.75) is 25.4 Å². The summed E-state index contributed by atoms with van der Waals surface area (Å²) < 4.78 is 9.91. The minimum Gasteiger partial charge on any atom is -0.497 e. The van der Waals surface area contributed by atoms with Crippen LogP contribution in [0.5, 0.6) is 5.75 Å². The highest BCUT2D eigenvalue weighted by molar-refractivity contribution is 5.72. The molecule has 2 rings (SSSR count). The minimum absolute atomic E-state index is 0.0350. The van der Waals surface area contributed by atoms with Crippen molar-refractivity contribution in [3.8, 4) is 5.75 Å². The van der Waals surface area contributed by atoms with Gasteiger partial charge in [0.1, 0.15) is 5.75 Å². The Morgan fingerprint density at radius 1 is 1.27 bits per heavy atom. The second-order valence-corrected chi connectivity index (χ2v) is 5.72. The van der Waals surface area contributed by atoms with Gasteiger partial charge in [0.2, 0.25) is 0 Å². The number of esters is 1. The summed E-state index contributed by atoms with van der Waals surface area (Å²) in [4.78, 5) is 13.8. The summed E-state index contributed by atoms with van der Waals surface area (Å²) in [5, 5.41) is 10.3. The van der Waals surface area contributed by atoms with Gasteiger partial charge in [-0.15, -0.1) is 0 Å². The van der Waals surface area contributed by atoms with Gasteiger partial charge in [-0.1, -0.05) is 12.1 Å². The van der Waals surface area contributed by atoms with Crippen LogP contribution in [-0.4, -0.2) is 49.8 Å². The molecule has 0 radical (unpaired) electrons. The first-order valence-corrected chi connectivity index (χ1v) is 7.76. The van der Waals surface area contributed by atoms with Crippen molar-refractivity contribution in [3.05, 3.63) is 29.8 Å². The summed E-state index contributed by atoms with van der Waals surface area (Å²) in [6, 6.07) is 7.51. The van der Waals surface area contributed by atoms with E-state index in [2.05, 4.69) is 4.90 Å². The molecule has 0 bridgehead atoms. The molecule has 22 heavy (non-hydrogen) atoms. The lowest BCUT2D eigenvalue weighted by Crippen LogP contribution is -2.37. The van der Waals surface area contributed by atoms with E-state index in [9.17, 15) is 9.90 Å². The molecule has 1 aliphatic heterocycles. The van der Waals surface area contributed by atoms with Crippen LogP contribution < -0.4 is 4.74 Å². The molecule has 1 unspecified atom stereocenters. The van der Waals surface area contributed by atoms with Crippen LogP contribution >= 0.6 is 0 Å². The average molecular weight is 307 g/mol. The van der Waals surface area contributed by atoms with Crippen molar-refractivity contribution in [1.29, 1.82) is 0 Å². The van der Waals surface area contributed by atoms with Gasteiger partial charge in [-0.2, -0.15) is 0 Å². The van der Waals surface area contributed by atoms with Gasteiger partial charge in [0.05, 0.1) is 26.2 Å². The number of ether oxygens (including phenoxy) is 2. The van der Waals surface area contributed by atoms with Gasteiger partial charge in [-0.25, -0.2) is 0 Å². The maximum absolute atomic E-state index is 11.5. The predicted octanol–water partition coefficient (Wildman–Crippen LogP) is 2.00. The van der Waals surface area contributed by atoms with Gasteiger partial charge in [0, 0.05) is 6.54 Å². The van der Waals surface area contributed by atoms with Gasteiger partial charge in [-0.05, 0) is 50.0 Å². The first-order chi connectivity index (χ1) is 10.6. The Hall–Kier alpha value is -1.59. The molecule has 0 spiro atoms. The zero-order valence-electron chi connectivity index (χ0n) is 13.3. The monoisotopic (exact) mass is 307 g/mol. The quantitative estimate of drug-likeness (QED) is 0.815. The van der Waals surface area contributed by atoms with Crippen LogP contribution in [-0.2, 0) is 9.53 Å². The van der Waals surface area contributed by atoms with Gasteiger partial charge < -0.3 is 19.5 Å². The predicted molar refractivity (Wildman–Crippen MR) is 83.8 cm³/mol. The van der Waals surface area contributed by atoms with Crippen molar-refractivity contribution in [1.82, 2.24) is 4.90 Å². The Kier molecular flexibility index (Phi) is 6.21. The zero-order valence-corrected chi connectivity index (χ0v) is 13.3. The average Bonchev–Trinajstić information content (AvgIpc) is 2.59. The fraction of sp³-hybridized carbons (Fsp3) is 0.588. The molecule has 1 fully saturated rings. The van der Waals surface area contributed by atoms with Crippen LogP contribution in [0.2, 0.25) is 0 Å². The summed E-state index contributed by atoms with van der Waals surface area (Å²) in [6.45, 7) is 2.60. The van der Waals surface area contributed by atoms with Crippen LogP contribution in [0, 0.1) is 5.92 Å². The Morgan fingerprint density at radius 3 is 2.45 bits per heavy atom. The Bertz CT molecular complexity index is 466. The highest BCUT2D eigenvalue weighted by atomic mass is 16.5. The van der Waals surface area contributed by atoms with E-state index in [4.69, 9.17) is 9.47 Å². The number of rotatable bonds is 6. The third-order valence-corrected chi connectivity index (χ3v) is 4.34. The number of carbonyl (C=O) groups excluding carboxylic acids is 1. The van der Waals surface area contributed by atoms with Gasteiger partial charge in [0.15, 0.2) is 0 Å². The smallest absolute Gasteiger partial charge is 0.308 e. The molecular weight excluding hydrogens is 282 g/mol. The van der Waals surface area contributed by atoms with E-state index in [-0.39, 0.29) is 11.9 Å². The number of hydrogen-bond donors (Lipinski definition) is 1. The molecule has 1 aliphatic rings. The third kappa shape index (κ3) is 4.45. The summed E-state index contributed by atoms with van der Waals surface area (Å²) in [6.07, 6.45) is 1.90. The summed E-state index contributed by atoms with van der Waals surface area (Å²) in [7, 11) is 3.07. The standard InChI is InChI=1S/C17H25NO4/c1-21-15-5-3-13(4-6-15)16(19)9-12-18-10-7-14(8-11-18)17(20)22-2/h3-6,14,16,19H,7-12H2,1-2H3. The van der Waals surface area contributed by atoms with Crippen LogP contribution in [0.3, 0.4) is 0 Å². The molecule has 122 valence electrons. The van der Waals surface area contributed by atoms with Crippen LogP contribution in [0.15, 0.2) is 24.3 Å². The number of benzene rings is 1. The SMILES string of the molecule is COC(=O)C1CCN(CCC(O)c2ccc(OC)cc2)CC1. The van der Waals surface area contributed by atoms with E-state index in [1.165, 1.54) is 7.11 Å². The van der Waals surface area contributed by atoms with Crippen LogP contribution in [0.25, 0.3) is 0 Å². The van der Waals surface area contributed by atoms with E-state index in [0.717, 1.165) is 43.8 Å². The highest BCUT2D eigenvalue weighted by Crippen LogP contribution is 2.22. The molecule has 1 aromatic rings. The molecule has 1 saturated heterocycles. The first-order valence-electron chi connectivity index (χ1n) is 7.76. The summed E-state index contributed by atoms with van der Waals surface area (Å²) >= 11 is 0. The molecule has 0 aromatic heterocycles.